The van der Waals surface area contributed by atoms with Crippen LogP contribution >= 0.6 is 24.0 Å². The van der Waals surface area contributed by atoms with Crippen LogP contribution in [-0.4, -0.2) is 89.9 Å². The standard InChI is InChI=1S/C15H30N4O5S.HI/c1-4-16-14(17-7-10-24-11-12-25(3,21)22)18-13-5-8-19(9-6-13)15(20)23-2;/h13H,4-12H2,1-3H3,(H2,16,17,18);1H. The van der Waals surface area contributed by atoms with Crippen LogP contribution in [0.1, 0.15) is 19.8 Å². The minimum Gasteiger partial charge on any atom is -0.453 e. The van der Waals surface area contributed by atoms with Crippen LogP contribution < -0.4 is 10.6 Å². The fraction of sp³-hybridized carbons (Fsp3) is 0.867. The van der Waals surface area contributed by atoms with Gasteiger partial charge in [-0.1, -0.05) is 0 Å². The molecule has 0 unspecified atom stereocenters. The van der Waals surface area contributed by atoms with Crippen molar-refractivity contribution in [2.75, 3.05) is 58.5 Å². The molecule has 154 valence electrons. The fourth-order valence-corrected chi connectivity index (χ4v) is 2.80. The number of carbonyl (C=O) groups excluding carboxylic acids is 1. The molecule has 0 aromatic rings. The van der Waals surface area contributed by atoms with Gasteiger partial charge in [0.25, 0.3) is 0 Å². The third-order valence-corrected chi connectivity index (χ3v) is 4.63. The SMILES string of the molecule is CCNC(=NCCOCCS(C)(=O)=O)NC1CCN(C(=O)OC)CC1.I. The lowest BCUT2D eigenvalue weighted by Crippen LogP contribution is -2.49. The van der Waals surface area contributed by atoms with E-state index in [0.717, 1.165) is 19.4 Å². The van der Waals surface area contributed by atoms with Gasteiger partial charge in [-0.25, -0.2) is 13.2 Å². The highest BCUT2D eigenvalue weighted by molar-refractivity contribution is 14.0. The van der Waals surface area contributed by atoms with Gasteiger partial charge in [0.1, 0.15) is 9.84 Å². The molecule has 0 spiro atoms. The first-order chi connectivity index (χ1) is 11.9. The van der Waals surface area contributed by atoms with Gasteiger partial charge in [0, 0.05) is 31.9 Å². The maximum absolute atomic E-state index is 11.5. The maximum Gasteiger partial charge on any atom is 0.409 e. The fourth-order valence-electron chi connectivity index (χ4n) is 2.38. The third kappa shape index (κ3) is 11.0. The number of piperidine rings is 1. The molecule has 9 nitrogen and oxygen atoms in total. The van der Waals surface area contributed by atoms with Crippen LogP contribution in [0.5, 0.6) is 0 Å². The number of nitrogens with one attached hydrogen (secondary N) is 2. The molecule has 1 aliphatic heterocycles. The minimum absolute atomic E-state index is 0. The van der Waals surface area contributed by atoms with E-state index in [2.05, 4.69) is 15.6 Å². The zero-order valence-electron chi connectivity index (χ0n) is 15.7. The van der Waals surface area contributed by atoms with Crippen molar-refractivity contribution in [1.29, 1.82) is 0 Å². The normalized spacial score (nSPS) is 16.0. The quantitative estimate of drug-likeness (QED) is 0.213. The first-order valence-corrected chi connectivity index (χ1v) is 10.5. The third-order valence-electron chi connectivity index (χ3n) is 3.72. The molecule has 0 aromatic carbocycles. The molecule has 0 atom stereocenters. The first kappa shape index (κ1) is 25.2. The van der Waals surface area contributed by atoms with E-state index in [1.807, 2.05) is 6.92 Å². The Balaban J connectivity index is 0.00000625. The summed E-state index contributed by atoms with van der Waals surface area (Å²) in [6.07, 6.45) is 2.55. The zero-order chi connectivity index (χ0) is 18.7. The number of methoxy groups -OCH3 is 1. The van der Waals surface area contributed by atoms with Gasteiger partial charge in [-0.3, -0.25) is 4.99 Å². The van der Waals surface area contributed by atoms with Crippen LogP contribution in [0.4, 0.5) is 4.79 Å². The van der Waals surface area contributed by atoms with Crippen LogP contribution in [0.3, 0.4) is 0 Å². The van der Waals surface area contributed by atoms with E-state index in [0.29, 0.717) is 32.2 Å². The molecule has 26 heavy (non-hydrogen) atoms. The highest BCUT2D eigenvalue weighted by atomic mass is 127. The van der Waals surface area contributed by atoms with Crippen LogP contribution in [0, 0.1) is 0 Å². The second kappa shape index (κ2) is 13.4. The Hall–Kier alpha value is -0.820. The predicted octanol–water partition coefficient (Wildman–Crippen LogP) is 0.452. The summed E-state index contributed by atoms with van der Waals surface area (Å²) < 4.78 is 32.0. The summed E-state index contributed by atoms with van der Waals surface area (Å²) in [4.78, 5) is 17.6. The number of carbonyl (C=O) groups is 1. The molecule has 0 radical (unpaired) electrons. The van der Waals surface area contributed by atoms with Gasteiger partial charge in [-0.2, -0.15) is 0 Å². The van der Waals surface area contributed by atoms with Gasteiger partial charge in [0.05, 0.1) is 32.6 Å². The number of likely N-dealkylation sites (tertiary alicyclic amines) is 1. The molecule has 1 heterocycles. The monoisotopic (exact) mass is 506 g/mol. The number of hydrogen-bond donors (Lipinski definition) is 2. The Kier molecular flexibility index (Phi) is 12.9. The average molecular weight is 506 g/mol. The van der Waals surface area contributed by atoms with E-state index in [-0.39, 0.29) is 48.5 Å². The summed E-state index contributed by atoms with van der Waals surface area (Å²) in [7, 11) is -1.60. The van der Waals surface area contributed by atoms with Crippen molar-refractivity contribution >= 4 is 45.9 Å². The Bertz CT molecular complexity index is 536. The highest BCUT2D eigenvalue weighted by Gasteiger charge is 2.23. The lowest BCUT2D eigenvalue weighted by molar-refractivity contribution is 0.111. The molecule has 0 saturated carbocycles. The van der Waals surface area contributed by atoms with Crippen molar-refractivity contribution in [2.45, 2.75) is 25.8 Å². The summed E-state index contributed by atoms with van der Waals surface area (Å²) in [5, 5.41) is 6.53. The molecular formula is C15H31IN4O5S. The maximum atomic E-state index is 11.5. The number of nitrogens with zero attached hydrogens (tertiary/aromatic N) is 2. The summed E-state index contributed by atoms with van der Waals surface area (Å²) in [5.41, 5.74) is 0. The molecule has 11 heteroatoms. The molecule has 1 amide bonds. The van der Waals surface area contributed by atoms with Gasteiger partial charge in [0.2, 0.25) is 0 Å². The van der Waals surface area contributed by atoms with E-state index in [1.54, 1.807) is 4.90 Å². The Morgan fingerprint density at radius 2 is 1.92 bits per heavy atom. The van der Waals surface area contributed by atoms with E-state index in [4.69, 9.17) is 9.47 Å². The smallest absolute Gasteiger partial charge is 0.409 e. The van der Waals surface area contributed by atoms with Crippen molar-refractivity contribution in [3.05, 3.63) is 0 Å². The molecule has 1 fully saturated rings. The summed E-state index contributed by atoms with van der Waals surface area (Å²) >= 11 is 0. The van der Waals surface area contributed by atoms with Gasteiger partial charge in [-0.05, 0) is 19.8 Å². The Labute approximate surface area is 173 Å². The van der Waals surface area contributed by atoms with E-state index in [9.17, 15) is 13.2 Å². The number of sulfone groups is 1. The molecule has 1 saturated heterocycles. The van der Waals surface area contributed by atoms with E-state index in [1.165, 1.54) is 13.4 Å². The van der Waals surface area contributed by atoms with Gasteiger partial charge < -0.3 is 25.0 Å². The summed E-state index contributed by atoms with van der Waals surface area (Å²) in [6, 6.07) is 0.241. The minimum atomic E-state index is -2.99. The predicted molar refractivity (Wildman–Crippen MR) is 112 cm³/mol. The van der Waals surface area contributed by atoms with E-state index < -0.39 is 9.84 Å². The van der Waals surface area contributed by atoms with Crippen molar-refractivity contribution in [3.63, 3.8) is 0 Å². The van der Waals surface area contributed by atoms with Crippen molar-refractivity contribution in [2.24, 2.45) is 4.99 Å². The van der Waals surface area contributed by atoms with Crippen molar-refractivity contribution < 1.29 is 22.7 Å². The van der Waals surface area contributed by atoms with Crippen LogP contribution in [-0.2, 0) is 19.3 Å². The number of ether oxygens (including phenoxy) is 2. The van der Waals surface area contributed by atoms with Gasteiger partial charge in [0.15, 0.2) is 5.96 Å². The van der Waals surface area contributed by atoms with Crippen LogP contribution in [0.25, 0.3) is 0 Å². The van der Waals surface area contributed by atoms with Crippen LogP contribution in [0.15, 0.2) is 4.99 Å². The second-order valence-electron chi connectivity index (χ2n) is 5.88. The second-order valence-corrected chi connectivity index (χ2v) is 8.14. The van der Waals surface area contributed by atoms with Gasteiger partial charge in [-0.15, -0.1) is 24.0 Å². The first-order valence-electron chi connectivity index (χ1n) is 8.49. The molecule has 1 rings (SSSR count). The molecule has 0 bridgehead atoms. The largest absolute Gasteiger partial charge is 0.453 e. The molecule has 2 N–H and O–H groups in total. The molecule has 1 aliphatic rings. The van der Waals surface area contributed by atoms with Crippen molar-refractivity contribution in [1.82, 2.24) is 15.5 Å². The topological polar surface area (TPSA) is 109 Å². The molecule has 0 aromatic heterocycles. The molecular weight excluding hydrogens is 475 g/mol. The Morgan fingerprint density at radius 1 is 1.27 bits per heavy atom. The summed E-state index contributed by atoms with van der Waals surface area (Å²) in [6.45, 7) is 5.02. The average Bonchev–Trinajstić information content (AvgIpc) is 2.57. The number of halogens is 1. The zero-order valence-corrected chi connectivity index (χ0v) is 18.8. The Morgan fingerprint density at radius 3 is 2.46 bits per heavy atom. The lowest BCUT2D eigenvalue weighted by atomic mass is 10.1. The van der Waals surface area contributed by atoms with E-state index >= 15 is 0 Å². The molecule has 0 aliphatic carbocycles. The van der Waals surface area contributed by atoms with Gasteiger partial charge >= 0.3 is 6.09 Å². The van der Waals surface area contributed by atoms with Crippen molar-refractivity contribution in [3.8, 4) is 0 Å². The lowest BCUT2D eigenvalue weighted by Gasteiger charge is -2.32. The number of aliphatic imine (C=N–C) groups is 1. The number of amides is 1. The van der Waals surface area contributed by atoms with Crippen LogP contribution in [0.2, 0.25) is 0 Å². The number of hydrogen-bond acceptors (Lipinski definition) is 6. The highest BCUT2D eigenvalue weighted by Crippen LogP contribution is 2.11. The number of rotatable bonds is 8. The number of guanidine groups is 1. The summed E-state index contributed by atoms with van der Waals surface area (Å²) in [5.74, 6) is 0.721.